The first-order valence-electron chi connectivity index (χ1n) is 9.72. The second-order valence-electron chi connectivity index (χ2n) is 7.45. The lowest BCUT2D eigenvalue weighted by molar-refractivity contribution is -0.134. The average Bonchev–Trinajstić information content (AvgIpc) is 3.34. The van der Waals surface area contributed by atoms with E-state index in [-0.39, 0.29) is 17.9 Å². The van der Waals surface area contributed by atoms with Crippen LogP contribution in [0.2, 0.25) is 0 Å². The molecule has 0 radical (unpaired) electrons. The molecule has 6 nitrogen and oxygen atoms in total. The van der Waals surface area contributed by atoms with E-state index in [1.54, 1.807) is 4.90 Å². The van der Waals surface area contributed by atoms with Gasteiger partial charge >= 0.3 is 0 Å². The normalized spacial score (nSPS) is 21.0. The number of hydrogen-bond donors (Lipinski definition) is 0. The minimum Gasteiger partial charge on any atom is -0.356 e. The van der Waals surface area contributed by atoms with Gasteiger partial charge in [0.1, 0.15) is 0 Å². The van der Waals surface area contributed by atoms with E-state index in [0.29, 0.717) is 12.3 Å². The van der Waals surface area contributed by atoms with Crippen molar-refractivity contribution in [2.24, 2.45) is 0 Å². The number of likely N-dealkylation sites (tertiary alicyclic amines) is 2. The van der Waals surface area contributed by atoms with Crippen LogP contribution in [0.25, 0.3) is 11.0 Å². The number of carbonyl (C=O) groups excluding carboxylic acids is 2. The number of amides is 2. The highest BCUT2D eigenvalue weighted by Crippen LogP contribution is 2.33. The summed E-state index contributed by atoms with van der Waals surface area (Å²) in [4.78, 5) is 28.4. The SMILES string of the molecule is C=CC(=O)N1CCCC1CC(=O)N1CCC(c2noc3ccccc23)CC1. The van der Waals surface area contributed by atoms with E-state index in [1.165, 1.54) is 6.08 Å². The quantitative estimate of drug-likeness (QED) is 0.779. The van der Waals surface area contributed by atoms with E-state index < -0.39 is 0 Å². The number of para-hydroxylation sites is 1. The number of nitrogens with zero attached hydrogens (tertiary/aromatic N) is 3. The fraction of sp³-hybridized carbons (Fsp3) is 0.476. The van der Waals surface area contributed by atoms with Crippen molar-refractivity contribution in [1.29, 1.82) is 0 Å². The van der Waals surface area contributed by atoms with Crippen molar-refractivity contribution in [3.05, 3.63) is 42.6 Å². The number of carbonyl (C=O) groups is 2. The molecule has 0 spiro atoms. The molecule has 142 valence electrons. The summed E-state index contributed by atoms with van der Waals surface area (Å²) in [5, 5.41) is 5.35. The third kappa shape index (κ3) is 3.48. The van der Waals surface area contributed by atoms with Gasteiger partial charge < -0.3 is 14.3 Å². The van der Waals surface area contributed by atoms with E-state index in [0.717, 1.165) is 62.0 Å². The maximum atomic E-state index is 12.7. The van der Waals surface area contributed by atoms with E-state index in [1.807, 2.05) is 29.2 Å². The Hall–Kier alpha value is -2.63. The highest BCUT2D eigenvalue weighted by atomic mass is 16.5. The molecule has 2 fully saturated rings. The van der Waals surface area contributed by atoms with Crippen LogP contribution in [0, 0.1) is 0 Å². The van der Waals surface area contributed by atoms with E-state index in [9.17, 15) is 9.59 Å². The summed E-state index contributed by atoms with van der Waals surface area (Å²) >= 11 is 0. The highest BCUT2D eigenvalue weighted by Gasteiger charge is 2.32. The molecule has 6 heteroatoms. The van der Waals surface area contributed by atoms with Gasteiger partial charge in [-0.15, -0.1) is 0 Å². The largest absolute Gasteiger partial charge is 0.356 e. The van der Waals surface area contributed by atoms with Crippen LogP contribution in [-0.2, 0) is 9.59 Å². The van der Waals surface area contributed by atoms with Crippen LogP contribution in [0.5, 0.6) is 0 Å². The third-order valence-electron chi connectivity index (χ3n) is 5.88. The Morgan fingerprint density at radius 2 is 1.96 bits per heavy atom. The topological polar surface area (TPSA) is 66.7 Å². The van der Waals surface area contributed by atoms with Gasteiger partial charge in [0, 0.05) is 43.4 Å². The van der Waals surface area contributed by atoms with Crippen LogP contribution in [0.1, 0.15) is 43.7 Å². The summed E-state index contributed by atoms with van der Waals surface area (Å²) in [6, 6.07) is 7.94. The fourth-order valence-corrected chi connectivity index (χ4v) is 4.39. The fourth-order valence-electron chi connectivity index (χ4n) is 4.39. The molecular formula is C21H25N3O3. The van der Waals surface area contributed by atoms with Crippen LogP contribution < -0.4 is 0 Å². The molecule has 1 aromatic heterocycles. The van der Waals surface area contributed by atoms with Crippen molar-refractivity contribution in [3.63, 3.8) is 0 Å². The second-order valence-corrected chi connectivity index (χ2v) is 7.45. The summed E-state index contributed by atoms with van der Waals surface area (Å²) in [5.41, 5.74) is 1.83. The molecule has 2 aliphatic rings. The number of rotatable bonds is 4. The number of fused-ring (bicyclic) bond motifs is 1. The molecule has 0 bridgehead atoms. The zero-order chi connectivity index (χ0) is 18.8. The summed E-state index contributed by atoms with van der Waals surface area (Å²) in [7, 11) is 0. The Morgan fingerprint density at radius 1 is 1.19 bits per heavy atom. The number of aromatic nitrogens is 1. The first-order chi connectivity index (χ1) is 13.2. The van der Waals surface area contributed by atoms with Gasteiger partial charge in [-0.3, -0.25) is 9.59 Å². The predicted molar refractivity (Wildman–Crippen MR) is 102 cm³/mol. The molecule has 2 amide bonds. The molecular weight excluding hydrogens is 342 g/mol. The molecule has 0 saturated carbocycles. The lowest BCUT2D eigenvalue weighted by Gasteiger charge is -2.33. The van der Waals surface area contributed by atoms with E-state index >= 15 is 0 Å². The monoisotopic (exact) mass is 367 g/mol. The summed E-state index contributed by atoms with van der Waals surface area (Å²) < 4.78 is 5.43. The number of hydrogen-bond acceptors (Lipinski definition) is 4. The highest BCUT2D eigenvalue weighted by molar-refractivity contribution is 5.88. The Balaban J connectivity index is 1.35. The van der Waals surface area contributed by atoms with E-state index in [4.69, 9.17) is 4.52 Å². The van der Waals surface area contributed by atoms with Crippen LogP contribution >= 0.6 is 0 Å². The zero-order valence-corrected chi connectivity index (χ0v) is 15.5. The maximum Gasteiger partial charge on any atom is 0.246 e. The summed E-state index contributed by atoms with van der Waals surface area (Å²) in [6.45, 7) is 5.75. The molecule has 2 aliphatic heterocycles. The lowest BCUT2D eigenvalue weighted by Crippen LogP contribution is -2.42. The number of piperidine rings is 1. The van der Waals surface area contributed by atoms with Gasteiger partial charge in [0.25, 0.3) is 0 Å². The van der Waals surface area contributed by atoms with Gasteiger partial charge in [0.05, 0.1) is 5.69 Å². The molecule has 2 saturated heterocycles. The Kier molecular flexibility index (Phi) is 4.97. The van der Waals surface area contributed by atoms with Crippen molar-refractivity contribution in [2.75, 3.05) is 19.6 Å². The molecule has 2 aromatic rings. The lowest BCUT2D eigenvalue weighted by atomic mass is 9.91. The molecule has 1 unspecified atom stereocenters. The first kappa shape index (κ1) is 17.8. The molecule has 1 atom stereocenters. The second kappa shape index (κ2) is 7.55. The van der Waals surface area contributed by atoms with Gasteiger partial charge in [-0.2, -0.15) is 0 Å². The van der Waals surface area contributed by atoms with Crippen LogP contribution in [0.3, 0.4) is 0 Å². The van der Waals surface area contributed by atoms with Crippen LogP contribution in [0.15, 0.2) is 41.4 Å². The summed E-state index contributed by atoms with van der Waals surface area (Å²) in [6.07, 6.45) is 5.39. The molecule has 1 aromatic carbocycles. The van der Waals surface area contributed by atoms with Crippen molar-refractivity contribution in [2.45, 2.75) is 44.1 Å². The summed E-state index contributed by atoms with van der Waals surface area (Å²) in [5.74, 6) is 0.400. The molecule has 3 heterocycles. The van der Waals surface area contributed by atoms with Gasteiger partial charge in [0.2, 0.25) is 11.8 Å². The molecule has 4 rings (SSSR count). The first-order valence-corrected chi connectivity index (χ1v) is 9.72. The predicted octanol–water partition coefficient (Wildman–Crippen LogP) is 3.10. The van der Waals surface area contributed by atoms with Gasteiger partial charge in [-0.05, 0) is 43.9 Å². The van der Waals surface area contributed by atoms with Crippen molar-refractivity contribution in [1.82, 2.24) is 15.0 Å². The smallest absolute Gasteiger partial charge is 0.246 e. The van der Waals surface area contributed by atoms with Gasteiger partial charge in [-0.1, -0.05) is 23.9 Å². The molecule has 0 aliphatic carbocycles. The molecule has 27 heavy (non-hydrogen) atoms. The maximum absolute atomic E-state index is 12.7. The Morgan fingerprint density at radius 3 is 2.74 bits per heavy atom. The number of benzene rings is 1. The average molecular weight is 367 g/mol. The standard InChI is InChI=1S/C21H25N3O3/c1-2-19(25)24-11-5-6-16(24)14-20(26)23-12-9-15(10-13-23)21-17-7-3-4-8-18(17)27-22-21/h2-4,7-8,15-16H,1,5-6,9-14H2. The van der Waals surface area contributed by atoms with Crippen LogP contribution in [-0.4, -0.2) is 52.4 Å². The third-order valence-corrected chi connectivity index (χ3v) is 5.88. The van der Waals surface area contributed by atoms with Crippen molar-refractivity contribution >= 4 is 22.8 Å². The van der Waals surface area contributed by atoms with Crippen LogP contribution in [0.4, 0.5) is 0 Å². The zero-order valence-electron chi connectivity index (χ0n) is 15.5. The van der Waals surface area contributed by atoms with Gasteiger partial charge in [-0.25, -0.2) is 0 Å². The minimum absolute atomic E-state index is 0.0141. The minimum atomic E-state index is -0.0677. The molecule has 0 N–H and O–H groups in total. The van der Waals surface area contributed by atoms with Crippen molar-refractivity contribution in [3.8, 4) is 0 Å². The van der Waals surface area contributed by atoms with E-state index in [2.05, 4.69) is 11.7 Å². The Bertz CT molecular complexity index is 851. The van der Waals surface area contributed by atoms with Gasteiger partial charge in [0.15, 0.2) is 5.58 Å². The Labute approximate surface area is 158 Å². The van der Waals surface area contributed by atoms with Crippen molar-refractivity contribution < 1.29 is 14.1 Å².